The molecule has 6 N–H and O–H groups in total. The number of aliphatic hydroxyl groups is 5. The number of hydrogen-bond acceptors (Lipinski definition) is 8. The first kappa shape index (κ1) is 71.6. The van der Waals surface area contributed by atoms with Crippen LogP contribution in [0.4, 0.5) is 0 Å². The van der Waals surface area contributed by atoms with Crippen molar-refractivity contribution in [3.8, 4) is 0 Å². The molecule has 1 heterocycles. The monoisotopic (exact) mass is 1070 g/mol. The molecular formula is C68H115NO8. The highest BCUT2D eigenvalue weighted by molar-refractivity contribution is 5.76. The molecule has 1 fully saturated rings. The van der Waals surface area contributed by atoms with E-state index in [1.807, 2.05) is 6.08 Å². The van der Waals surface area contributed by atoms with E-state index in [1.165, 1.54) is 116 Å². The molecule has 1 aliphatic heterocycles. The summed E-state index contributed by atoms with van der Waals surface area (Å²) in [4.78, 5) is 13.1. The van der Waals surface area contributed by atoms with Gasteiger partial charge < -0.3 is 40.3 Å². The number of nitrogens with one attached hydrogen (secondary N) is 1. The van der Waals surface area contributed by atoms with Gasteiger partial charge in [0, 0.05) is 6.42 Å². The quantitative estimate of drug-likeness (QED) is 0.0261. The van der Waals surface area contributed by atoms with Crippen LogP contribution in [0.1, 0.15) is 245 Å². The molecule has 0 aliphatic carbocycles. The topological polar surface area (TPSA) is 149 Å². The van der Waals surface area contributed by atoms with Gasteiger partial charge in [0.2, 0.25) is 5.91 Å². The molecule has 0 aromatic rings. The van der Waals surface area contributed by atoms with Crippen molar-refractivity contribution < 1.29 is 39.8 Å². The Morgan fingerprint density at radius 2 is 0.818 bits per heavy atom. The zero-order chi connectivity index (χ0) is 55.8. The lowest BCUT2D eigenvalue weighted by molar-refractivity contribution is -0.302. The van der Waals surface area contributed by atoms with Crippen molar-refractivity contribution in [2.24, 2.45) is 0 Å². The van der Waals surface area contributed by atoms with Gasteiger partial charge in [-0.3, -0.25) is 4.79 Å². The Morgan fingerprint density at radius 3 is 1.25 bits per heavy atom. The Labute approximate surface area is 471 Å². The minimum Gasteiger partial charge on any atom is -0.394 e. The van der Waals surface area contributed by atoms with E-state index in [-0.39, 0.29) is 12.5 Å². The molecular weight excluding hydrogens is 959 g/mol. The van der Waals surface area contributed by atoms with Crippen LogP contribution in [0.5, 0.6) is 0 Å². The Hall–Kier alpha value is -3.41. The molecule has 0 aromatic carbocycles. The van der Waals surface area contributed by atoms with Crippen LogP contribution in [0, 0.1) is 0 Å². The number of carbonyl (C=O) groups is 1. The fourth-order valence-corrected chi connectivity index (χ4v) is 9.11. The van der Waals surface area contributed by atoms with Gasteiger partial charge >= 0.3 is 0 Å². The Balaban J connectivity index is 2.22. The maximum Gasteiger partial charge on any atom is 0.220 e. The number of carbonyl (C=O) groups excluding carboxylic acids is 1. The predicted molar refractivity (Wildman–Crippen MR) is 327 cm³/mol. The largest absolute Gasteiger partial charge is 0.394 e. The number of hydrogen-bond donors (Lipinski definition) is 6. The lowest BCUT2D eigenvalue weighted by Gasteiger charge is -2.40. The van der Waals surface area contributed by atoms with Crippen LogP contribution >= 0.6 is 0 Å². The molecule has 0 saturated carbocycles. The molecule has 1 amide bonds. The van der Waals surface area contributed by atoms with E-state index in [9.17, 15) is 30.3 Å². The summed E-state index contributed by atoms with van der Waals surface area (Å²) >= 11 is 0. The Bertz CT molecular complexity index is 1620. The number of rotatable bonds is 52. The fourth-order valence-electron chi connectivity index (χ4n) is 9.11. The summed E-state index contributed by atoms with van der Waals surface area (Å²) in [5, 5.41) is 54.6. The highest BCUT2D eigenvalue weighted by atomic mass is 16.7. The van der Waals surface area contributed by atoms with Crippen molar-refractivity contribution in [1.29, 1.82) is 0 Å². The SMILES string of the molecule is CC/C=C\C/C=C\C/C=C\C/C=C\C/C=C\C/C=C\C/C=C\CCCCCCCCCCCCCC(=O)NC(COC1OC(CO)C(O)C(O)C1O)C(O)/C=C/CC/C=C/CC/C=C/CCCCCCCCCCCCC. The van der Waals surface area contributed by atoms with Crippen molar-refractivity contribution in [3.63, 3.8) is 0 Å². The van der Waals surface area contributed by atoms with E-state index in [2.05, 4.69) is 129 Å². The van der Waals surface area contributed by atoms with Crippen LogP contribution in [0.15, 0.2) is 122 Å². The third-order valence-electron chi connectivity index (χ3n) is 14.0. The summed E-state index contributed by atoms with van der Waals surface area (Å²) in [7, 11) is 0. The van der Waals surface area contributed by atoms with Gasteiger partial charge in [-0.25, -0.2) is 0 Å². The van der Waals surface area contributed by atoms with E-state index in [1.54, 1.807) is 6.08 Å². The molecule has 440 valence electrons. The van der Waals surface area contributed by atoms with Gasteiger partial charge in [0.1, 0.15) is 24.4 Å². The van der Waals surface area contributed by atoms with Crippen molar-refractivity contribution >= 4 is 5.91 Å². The second-order valence-electron chi connectivity index (χ2n) is 21.1. The second kappa shape index (κ2) is 55.9. The van der Waals surface area contributed by atoms with Gasteiger partial charge in [0.05, 0.1) is 25.4 Å². The van der Waals surface area contributed by atoms with Gasteiger partial charge in [-0.15, -0.1) is 0 Å². The summed E-state index contributed by atoms with van der Waals surface area (Å²) in [5.41, 5.74) is 0. The van der Waals surface area contributed by atoms with Gasteiger partial charge in [-0.1, -0.05) is 257 Å². The normalized spacial score (nSPS) is 19.6. The average Bonchev–Trinajstić information content (AvgIpc) is 3.43. The highest BCUT2D eigenvalue weighted by Gasteiger charge is 2.44. The lowest BCUT2D eigenvalue weighted by Crippen LogP contribution is -2.60. The molecule has 7 unspecified atom stereocenters. The van der Waals surface area contributed by atoms with Crippen LogP contribution in [0.3, 0.4) is 0 Å². The number of aliphatic hydroxyl groups excluding tert-OH is 5. The third kappa shape index (κ3) is 45.1. The zero-order valence-corrected chi connectivity index (χ0v) is 48.9. The van der Waals surface area contributed by atoms with E-state index >= 15 is 0 Å². The summed E-state index contributed by atoms with van der Waals surface area (Å²) in [6, 6.07) is -0.839. The first-order valence-corrected chi connectivity index (χ1v) is 31.3. The standard InChI is InChI=1S/C68H115NO8/c1-3-5-7-9-11-13-15-17-19-21-23-25-26-27-28-29-30-31-32-33-34-35-36-38-40-42-44-46-48-50-52-54-56-58-64(72)69-61(60-76-68-67(75)66(74)65(73)63(59-70)77-68)62(71)57-55-53-51-49-47-45-43-41-39-37-24-22-20-18-16-14-12-10-8-6-4-2/h5,7,11,13,17,19,23,25,27-28,30-31,33-34,39,41,47,49,55,57,61-63,65-68,70-71,73-75H,3-4,6,8-10,12,14-16,18,20-22,24,26,29,32,35-38,40,42-46,48,50-54,56,58-60H2,1-2H3,(H,69,72)/b7-5-,13-11-,19-17-,25-23-,28-27-,31-30-,34-33-,41-39+,49-47+,57-55+. The summed E-state index contributed by atoms with van der Waals surface area (Å²) in [6.45, 7) is 3.64. The Morgan fingerprint density at radius 1 is 0.455 bits per heavy atom. The zero-order valence-electron chi connectivity index (χ0n) is 48.9. The molecule has 77 heavy (non-hydrogen) atoms. The summed E-state index contributed by atoms with van der Waals surface area (Å²) in [5.74, 6) is -0.198. The molecule has 0 spiro atoms. The van der Waals surface area contributed by atoms with Crippen LogP contribution in [0.25, 0.3) is 0 Å². The first-order valence-electron chi connectivity index (χ1n) is 31.3. The summed E-state index contributed by atoms with van der Waals surface area (Å²) in [6.07, 6.45) is 77.0. The molecule has 7 atom stereocenters. The van der Waals surface area contributed by atoms with E-state index in [0.717, 1.165) is 109 Å². The number of allylic oxidation sites excluding steroid dienone is 19. The molecule has 9 nitrogen and oxygen atoms in total. The Kier molecular flexibility index (Phi) is 52.0. The number of amides is 1. The summed E-state index contributed by atoms with van der Waals surface area (Å²) < 4.78 is 11.3. The molecule has 9 heteroatoms. The van der Waals surface area contributed by atoms with E-state index in [0.29, 0.717) is 6.42 Å². The first-order chi connectivity index (χ1) is 37.8. The van der Waals surface area contributed by atoms with Gasteiger partial charge in [0.25, 0.3) is 0 Å². The van der Waals surface area contributed by atoms with Crippen molar-refractivity contribution in [3.05, 3.63) is 122 Å². The predicted octanol–water partition coefficient (Wildman–Crippen LogP) is 16.3. The second-order valence-corrected chi connectivity index (χ2v) is 21.1. The van der Waals surface area contributed by atoms with Crippen LogP contribution in [-0.4, -0.2) is 87.5 Å². The highest BCUT2D eigenvalue weighted by Crippen LogP contribution is 2.23. The molecule has 0 radical (unpaired) electrons. The maximum absolute atomic E-state index is 13.1. The van der Waals surface area contributed by atoms with Gasteiger partial charge in [0.15, 0.2) is 6.29 Å². The van der Waals surface area contributed by atoms with Crippen molar-refractivity contribution in [1.82, 2.24) is 5.32 Å². The van der Waals surface area contributed by atoms with Crippen molar-refractivity contribution in [2.45, 2.75) is 288 Å². The van der Waals surface area contributed by atoms with Crippen LogP contribution in [0.2, 0.25) is 0 Å². The average molecular weight is 1070 g/mol. The minimum absolute atomic E-state index is 0.198. The molecule has 1 rings (SSSR count). The lowest BCUT2D eigenvalue weighted by atomic mass is 9.99. The molecule has 0 bridgehead atoms. The number of ether oxygens (including phenoxy) is 2. The minimum atomic E-state index is -1.58. The van der Waals surface area contributed by atoms with E-state index in [4.69, 9.17) is 9.47 Å². The van der Waals surface area contributed by atoms with E-state index < -0.39 is 49.5 Å². The molecule has 1 saturated heterocycles. The molecule has 0 aromatic heterocycles. The molecule has 1 aliphatic rings. The smallest absolute Gasteiger partial charge is 0.220 e. The fraction of sp³-hybridized carbons (Fsp3) is 0.691. The van der Waals surface area contributed by atoms with Crippen LogP contribution < -0.4 is 5.32 Å². The number of unbranched alkanes of at least 4 members (excludes halogenated alkanes) is 24. The van der Waals surface area contributed by atoms with Crippen molar-refractivity contribution in [2.75, 3.05) is 13.2 Å². The maximum atomic E-state index is 13.1. The van der Waals surface area contributed by atoms with Gasteiger partial charge in [-0.05, 0) is 103 Å². The van der Waals surface area contributed by atoms with Crippen LogP contribution in [-0.2, 0) is 14.3 Å². The third-order valence-corrected chi connectivity index (χ3v) is 14.0. The van der Waals surface area contributed by atoms with Gasteiger partial charge in [-0.2, -0.15) is 0 Å².